The molecule has 7 rings (SSSR count). The van der Waals surface area contributed by atoms with Gasteiger partial charge in [0.15, 0.2) is 5.60 Å². The molecule has 0 spiro atoms. The Hall–Kier alpha value is -4.38. The summed E-state index contributed by atoms with van der Waals surface area (Å²) in [7, 11) is 5.34. The minimum absolute atomic E-state index is 0.125. The lowest BCUT2D eigenvalue weighted by atomic mass is 9.68. The maximum absolute atomic E-state index is 7.70. The molecule has 0 amide bonds. The van der Waals surface area contributed by atoms with Crippen LogP contribution in [0.15, 0.2) is 91.0 Å². The van der Waals surface area contributed by atoms with E-state index in [0.717, 1.165) is 61.5 Å². The molecule has 0 saturated carbocycles. The molecule has 0 N–H and O–H groups in total. The highest BCUT2D eigenvalue weighted by atomic mass is 16.5. The van der Waals surface area contributed by atoms with Crippen LogP contribution in [0.5, 0.6) is 11.5 Å². The van der Waals surface area contributed by atoms with Crippen molar-refractivity contribution in [2.75, 3.05) is 34.5 Å². The van der Waals surface area contributed by atoms with Crippen LogP contribution in [0.4, 0.5) is 0 Å². The summed E-state index contributed by atoms with van der Waals surface area (Å²) in [6.45, 7) is 8.26. The van der Waals surface area contributed by atoms with Crippen molar-refractivity contribution in [3.05, 3.63) is 136 Å². The van der Waals surface area contributed by atoms with Crippen molar-refractivity contribution >= 4 is 16.8 Å². The average molecular weight is 723 g/mol. The summed E-state index contributed by atoms with van der Waals surface area (Å²) in [6.07, 6.45) is 16.3. The van der Waals surface area contributed by atoms with Gasteiger partial charge in [-0.25, -0.2) is 0 Å². The summed E-state index contributed by atoms with van der Waals surface area (Å²) in [6, 6.07) is 31.5. The van der Waals surface area contributed by atoms with Crippen molar-refractivity contribution in [1.82, 2.24) is 0 Å². The Bertz CT molecular complexity index is 2080. The second-order valence-electron chi connectivity index (χ2n) is 15.8. The van der Waals surface area contributed by atoms with E-state index in [1.165, 1.54) is 93.8 Å². The van der Waals surface area contributed by atoms with Crippen molar-refractivity contribution in [3.8, 4) is 22.6 Å². The zero-order valence-corrected chi connectivity index (χ0v) is 33.4. The van der Waals surface area contributed by atoms with Gasteiger partial charge in [-0.15, -0.1) is 0 Å². The van der Waals surface area contributed by atoms with Gasteiger partial charge in [0.1, 0.15) is 11.5 Å². The first-order valence-electron chi connectivity index (χ1n) is 20.2. The number of hydrogen-bond acceptors (Lipinski definition) is 4. The topological polar surface area (TPSA) is 36.9 Å². The predicted octanol–water partition coefficient (Wildman–Crippen LogP) is 12.6. The van der Waals surface area contributed by atoms with Gasteiger partial charge in [-0.1, -0.05) is 128 Å². The van der Waals surface area contributed by atoms with Crippen LogP contribution < -0.4 is 9.47 Å². The highest BCUT2D eigenvalue weighted by Gasteiger charge is 2.48. The van der Waals surface area contributed by atoms with Gasteiger partial charge >= 0.3 is 0 Å². The molecule has 5 aromatic rings. The van der Waals surface area contributed by atoms with E-state index in [2.05, 4.69) is 106 Å². The first-order chi connectivity index (χ1) is 26.3. The van der Waals surface area contributed by atoms with Crippen molar-refractivity contribution in [3.63, 3.8) is 0 Å². The molecule has 1 unspecified atom stereocenters. The minimum atomic E-state index is -0.814. The van der Waals surface area contributed by atoms with Gasteiger partial charge in [0.25, 0.3) is 0 Å². The van der Waals surface area contributed by atoms with Gasteiger partial charge in [-0.2, -0.15) is 0 Å². The van der Waals surface area contributed by atoms with E-state index in [4.69, 9.17) is 18.9 Å². The molecule has 2 aliphatic rings. The molecule has 1 aliphatic heterocycles. The maximum atomic E-state index is 7.70. The molecule has 1 heterocycles. The van der Waals surface area contributed by atoms with Gasteiger partial charge in [0, 0.05) is 54.9 Å². The third-order valence-corrected chi connectivity index (χ3v) is 12.0. The molecular weight excluding hydrogens is 665 g/mol. The van der Waals surface area contributed by atoms with E-state index in [1.807, 2.05) is 26.4 Å². The molecule has 5 aromatic carbocycles. The number of unbranched alkanes of at least 4 members (excludes halogenated alkanes) is 6. The number of benzene rings is 5. The molecule has 1 atom stereocenters. The third kappa shape index (κ3) is 7.11. The fourth-order valence-corrected chi connectivity index (χ4v) is 9.25. The van der Waals surface area contributed by atoms with Crippen molar-refractivity contribution < 1.29 is 18.9 Å². The normalized spacial score (nSPS) is 16.6. The van der Waals surface area contributed by atoms with Crippen molar-refractivity contribution in [2.45, 2.75) is 96.0 Å². The smallest absolute Gasteiger partial charge is 0.178 e. The molecule has 0 bridgehead atoms. The zero-order valence-electron chi connectivity index (χ0n) is 33.4. The summed E-state index contributed by atoms with van der Waals surface area (Å²) in [4.78, 5) is 0. The summed E-state index contributed by atoms with van der Waals surface area (Å²) < 4.78 is 24.1. The summed E-state index contributed by atoms with van der Waals surface area (Å²) >= 11 is 0. The first kappa shape index (κ1) is 37.9. The molecule has 0 radical (unpaired) electrons. The summed E-state index contributed by atoms with van der Waals surface area (Å²) in [5.74, 6) is 1.82. The standard InChI is InChI=1S/C50H58O4/c1-35-15-19-38(20-16-35)50(39-21-23-40(53-6)24-22-39)30-27-43-47-46(41-25-17-36(2)33-44(41)48(43)54-50)42-26-18-37(3)34-45(42)49(47,28-11-7-9-13-31-51-4)29-12-8-10-14-32-52-5/h15-27,30,33-34H,7-14,28-29,31-32H2,1-6H3. The Kier molecular flexibility index (Phi) is 11.6. The summed E-state index contributed by atoms with van der Waals surface area (Å²) in [5, 5.41) is 2.46. The predicted molar refractivity (Wildman–Crippen MR) is 224 cm³/mol. The van der Waals surface area contributed by atoms with Gasteiger partial charge in [-0.05, 0) is 98.4 Å². The highest BCUT2D eigenvalue weighted by Crippen LogP contribution is 2.61. The lowest BCUT2D eigenvalue weighted by molar-refractivity contribution is 0.163. The Morgan fingerprint density at radius 2 is 1.15 bits per heavy atom. The Morgan fingerprint density at radius 1 is 0.574 bits per heavy atom. The number of ether oxygens (including phenoxy) is 4. The maximum Gasteiger partial charge on any atom is 0.178 e. The minimum Gasteiger partial charge on any atom is -0.497 e. The first-order valence-corrected chi connectivity index (χ1v) is 20.2. The number of methoxy groups -OCH3 is 3. The van der Waals surface area contributed by atoms with Crippen molar-refractivity contribution in [2.24, 2.45) is 0 Å². The molecule has 0 saturated heterocycles. The third-order valence-electron chi connectivity index (χ3n) is 12.0. The molecule has 282 valence electrons. The Balaban J connectivity index is 1.45. The van der Waals surface area contributed by atoms with Crippen LogP contribution in [-0.2, 0) is 20.5 Å². The Labute approximate surface area is 323 Å². The fourth-order valence-electron chi connectivity index (χ4n) is 9.25. The van der Waals surface area contributed by atoms with Gasteiger partial charge in [0.2, 0.25) is 0 Å². The molecule has 0 fully saturated rings. The highest BCUT2D eigenvalue weighted by molar-refractivity contribution is 6.08. The van der Waals surface area contributed by atoms with E-state index in [0.29, 0.717) is 0 Å². The largest absolute Gasteiger partial charge is 0.497 e. The quantitative estimate of drug-likeness (QED) is 0.0896. The summed E-state index contributed by atoms with van der Waals surface area (Å²) in [5.41, 5.74) is 12.0. The lowest BCUT2D eigenvalue weighted by Gasteiger charge is -2.40. The van der Waals surface area contributed by atoms with Crippen LogP contribution in [0, 0.1) is 20.8 Å². The van der Waals surface area contributed by atoms with Crippen LogP contribution in [0.25, 0.3) is 28.0 Å². The molecule has 1 aliphatic carbocycles. The van der Waals surface area contributed by atoms with Gasteiger partial charge < -0.3 is 18.9 Å². The van der Waals surface area contributed by atoms with Crippen LogP contribution in [0.3, 0.4) is 0 Å². The number of hydrogen-bond donors (Lipinski definition) is 0. The average Bonchev–Trinajstić information content (AvgIpc) is 3.46. The van der Waals surface area contributed by atoms with Crippen molar-refractivity contribution in [1.29, 1.82) is 0 Å². The number of aryl methyl sites for hydroxylation is 3. The molecule has 4 heteroatoms. The lowest BCUT2D eigenvalue weighted by Crippen LogP contribution is -2.35. The fraction of sp³-hybridized carbons (Fsp3) is 0.400. The Morgan fingerprint density at radius 3 is 1.78 bits per heavy atom. The van der Waals surface area contributed by atoms with Crippen LogP contribution in [0.2, 0.25) is 0 Å². The second-order valence-corrected chi connectivity index (χ2v) is 15.8. The molecule has 4 nitrogen and oxygen atoms in total. The van der Waals surface area contributed by atoms with E-state index < -0.39 is 5.60 Å². The van der Waals surface area contributed by atoms with Crippen LogP contribution in [0.1, 0.15) is 109 Å². The van der Waals surface area contributed by atoms with E-state index >= 15 is 0 Å². The monoisotopic (exact) mass is 722 g/mol. The van der Waals surface area contributed by atoms with Gasteiger partial charge in [-0.3, -0.25) is 0 Å². The van der Waals surface area contributed by atoms with E-state index in [1.54, 1.807) is 7.11 Å². The molecule has 54 heavy (non-hydrogen) atoms. The molecule has 0 aromatic heterocycles. The van der Waals surface area contributed by atoms with Crippen LogP contribution >= 0.6 is 0 Å². The number of rotatable bonds is 17. The molecular formula is C50H58O4. The van der Waals surface area contributed by atoms with E-state index in [9.17, 15) is 0 Å². The second kappa shape index (κ2) is 16.6. The SMILES string of the molecule is COCCCCCCC1(CCCCCCOC)c2cc(C)ccc2-c2c1c1c(c3cc(C)ccc23)OC(c2ccc(C)cc2)(c2ccc(OC)cc2)C=C1. The van der Waals surface area contributed by atoms with E-state index in [-0.39, 0.29) is 5.41 Å². The van der Waals surface area contributed by atoms with Gasteiger partial charge in [0.05, 0.1) is 7.11 Å². The number of fused-ring (bicyclic) bond motifs is 8. The van der Waals surface area contributed by atoms with Crippen LogP contribution in [-0.4, -0.2) is 34.5 Å². The zero-order chi connectivity index (χ0) is 37.7.